The molecule has 0 saturated carbocycles. The SMILES string of the molecule is CCNCc1cnc(OC)nc1C. The van der Waals surface area contributed by atoms with E-state index in [-0.39, 0.29) is 0 Å². The third kappa shape index (κ3) is 2.66. The normalized spacial score (nSPS) is 10.1. The van der Waals surface area contributed by atoms with Crippen LogP contribution in [0.25, 0.3) is 0 Å². The molecule has 0 fully saturated rings. The Bertz CT molecular complexity index is 276. The zero-order valence-electron chi connectivity index (χ0n) is 8.29. The van der Waals surface area contributed by atoms with Gasteiger partial charge in [-0.25, -0.2) is 9.97 Å². The van der Waals surface area contributed by atoms with E-state index in [1.807, 2.05) is 6.92 Å². The molecule has 0 saturated heterocycles. The zero-order chi connectivity index (χ0) is 9.68. The molecular formula is C9H15N3O. The molecule has 13 heavy (non-hydrogen) atoms. The Morgan fingerprint density at radius 3 is 2.85 bits per heavy atom. The van der Waals surface area contributed by atoms with Crippen molar-refractivity contribution in [2.45, 2.75) is 20.4 Å². The number of aryl methyl sites for hydroxylation is 1. The van der Waals surface area contributed by atoms with E-state index in [9.17, 15) is 0 Å². The van der Waals surface area contributed by atoms with Gasteiger partial charge in [0.15, 0.2) is 0 Å². The van der Waals surface area contributed by atoms with Gasteiger partial charge in [-0.05, 0) is 13.5 Å². The maximum absolute atomic E-state index is 4.91. The first-order chi connectivity index (χ1) is 6.27. The van der Waals surface area contributed by atoms with E-state index in [4.69, 9.17) is 4.74 Å². The molecule has 0 aliphatic heterocycles. The Morgan fingerprint density at radius 1 is 1.54 bits per heavy atom. The number of nitrogens with one attached hydrogen (secondary N) is 1. The molecule has 1 aromatic heterocycles. The lowest BCUT2D eigenvalue weighted by molar-refractivity contribution is 0.378. The Hall–Kier alpha value is -1.16. The number of ether oxygens (including phenoxy) is 1. The molecule has 1 heterocycles. The molecule has 0 spiro atoms. The largest absolute Gasteiger partial charge is 0.467 e. The molecule has 1 N–H and O–H groups in total. The molecule has 0 aliphatic rings. The van der Waals surface area contributed by atoms with Gasteiger partial charge in [0.05, 0.1) is 7.11 Å². The molecule has 1 aromatic rings. The van der Waals surface area contributed by atoms with Gasteiger partial charge in [0, 0.05) is 24.0 Å². The topological polar surface area (TPSA) is 47.0 Å². The van der Waals surface area contributed by atoms with Gasteiger partial charge in [-0.15, -0.1) is 0 Å². The highest BCUT2D eigenvalue weighted by Gasteiger charge is 2.01. The van der Waals surface area contributed by atoms with Crippen molar-refractivity contribution in [3.05, 3.63) is 17.5 Å². The molecule has 0 aromatic carbocycles. The number of rotatable bonds is 4. The van der Waals surface area contributed by atoms with Crippen LogP contribution in [0.1, 0.15) is 18.2 Å². The monoisotopic (exact) mass is 181 g/mol. The van der Waals surface area contributed by atoms with Gasteiger partial charge in [0.2, 0.25) is 0 Å². The van der Waals surface area contributed by atoms with Crippen LogP contribution in [-0.4, -0.2) is 23.6 Å². The molecule has 0 atom stereocenters. The van der Waals surface area contributed by atoms with Crippen molar-refractivity contribution in [2.75, 3.05) is 13.7 Å². The molecular weight excluding hydrogens is 166 g/mol. The standard InChI is InChI=1S/C9H15N3O/c1-4-10-5-8-6-11-9(13-3)12-7(8)2/h6,10H,4-5H2,1-3H3. The lowest BCUT2D eigenvalue weighted by Crippen LogP contribution is -2.13. The Morgan fingerprint density at radius 2 is 2.31 bits per heavy atom. The summed E-state index contributed by atoms with van der Waals surface area (Å²) >= 11 is 0. The van der Waals surface area contributed by atoms with Crippen molar-refractivity contribution in [1.82, 2.24) is 15.3 Å². The molecule has 0 unspecified atom stereocenters. The zero-order valence-corrected chi connectivity index (χ0v) is 8.29. The molecule has 1 rings (SSSR count). The van der Waals surface area contributed by atoms with Crippen LogP contribution in [0.15, 0.2) is 6.20 Å². The number of hydrogen-bond acceptors (Lipinski definition) is 4. The van der Waals surface area contributed by atoms with E-state index >= 15 is 0 Å². The number of aromatic nitrogens is 2. The minimum Gasteiger partial charge on any atom is -0.467 e. The third-order valence-electron chi connectivity index (χ3n) is 1.81. The minimum atomic E-state index is 0.428. The lowest BCUT2D eigenvalue weighted by Gasteiger charge is -2.05. The fourth-order valence-electron chi connectivity index (χ4n) is 1.00. The van der Waals surface area contributed by atoms with Gasteiger partial charge in [-0.2, -0.15) is 0 Å². The highest BCUT2D eigenvalue weighted by molar-refractivity contribution is 5.17. The predicted molar refractivity (Wildman–Crippen MR) is 50.7 cm³/mol. The average molecular weight is 181 g/mol. The second-order valence-corrected chi connectivity index (χ2v) is 2.75. The van der Waals surface area contributed by atoms with Gasteiger partial charge in [-0.3, -0.25) is 0 Å². The summed E-state index contributed by atoms with van der Waals surface area (Å²) in [4.78, 5) is 8.21. The summed E-state index contributed by atoms with van der Waals surface area (Å²) in [5.41, 5.74) is 2.08. The Kier molecular flexibility index (Phi) is 3.64. The van der Waals surface area contributed by atoms with Gasteiger partial charge in [-0.1, -0.05) is 6.92 Å². The van der Waals surface area contributed by atoms with Crippen molar-refractivity contribution in [3.63, 3.8) is 0 Å². The van der Waals surface area contributed by atoms with Crippen LogP contribution in [0.3, 0.4) is 0 Å². The number of nitrogens with zero attached hydrogens (tertiary/aromatic N) is 2. The number of hydrogen-bond donors (Lipinski definition) is 1. The van der Waals surface area contributed by atoms with Crippen LogP contribution in [0, 0.1) is 6.92 Å². The summed E-state index contributed by atoms with van der Waals surface area (Å²) < 4.78 is 4.91. The van der Waals surface area contributed by atoms with Crippen molar-refractivity contribution in [3.8, 4) is 6.01 Å². The van der Waals surface area contributed by atoms with Gasteiger partial charge < -0.3 is 10.1 Å². The lowest BCUT2D eigenvalue weighted by atomic mass is 10.2. The summed E-state index contributed by atoms with van der Waals surface area (Å²) in [7, 11) is 1.57. The van der Waals surface area contributed by atoms with E-state index in [1.54, 1.807) is 13.3 Å². The summed E-state index contributed by atoms with van der Waals surface area (Å²) in [6, 6.07) is 0.428. The van der Waals surface area contributed by atoms with Crippen molar-refractivity contribution >= 4 is 0 Å². The number of methoxy groups -OCH3 is 1. The summed E-state index contributed by atoms with van der Waals surface area (Å²) in [5, 5.41) is 3.22. The second-order valence-electron chi connectivity index (χ2n) is 2.75. The average Bonchev–Trinajstić information content (AvgIpc) is 2.16. The first kappa shape index (κ1) is 9.92. The predicted octanol–water partition coefficient (Wildman–Crippen LogP) is 0.903. The van der Waals surface area contributed by atoms with Gasteiger partial charge in [0.1, 0.15) is 0 Å². The quantitative estimate of drug-likeness (QED) is 0.749. The molecule has 0 bridgehead atoms. The molecule has 0 amide bonds. The van der Waals surface area contributed by atoms with Crippen molar-refractivity contribution in [1.29, 1.82) is 0 Å². The maximum atomic E-state index is 4.91. The summed E-state index contributed by atoms with van der Waals surface area (Å²) in [6.07, 6.45) is 1.80. The van der Waals surface area contributed by atoms with Crippen LogP contribution in [-0.2, 0) is 6.54 Å². The molecule has 0 aliphatic carbocycles. The Balaban J connectivity index is 2.73. The van der Waals surface area contributed by atoms with E-state index in [2.05, 4.69) is 22.2 Å². The molecule has 72 valence electrons. The van der Waals surface area contributed by atoms with E-state index in [1.165, 1.54) is 0 Å². The van der Waals surface area contributed by atoms with Crippen LogP contribution in [0.2, 0.25) is 0 Å². The van der Waals surface area contributed by atoms with E-state index in [0.29, 0.717) is 6.01 Å². The first-order valence-electron chi connectivity index (χ1n) is 4.35. The summed E-state index contributed by atoms with van der Waals surface area (Å²) in [6.45, 7) is 5.79. The molecule has 0 radical (unpaired) electrons. The van der Waals surface area contributed by atoms with Crippen LogP contribution in [0.4, 0.5) is 0 Å². The van der Waals surface area contributed by atoms with Crippen LogP contribution in [0.5, 0.6) is 6.01 Å². The minimum absolute atomic E-state index is 0.428. The smallest absolute Gasteiger partial charge is 0.316 e. The highest BCUT2D eigenvalue weighted by atomic mass is 16.5. The third-order valence-corrected chi connectivity index (χ3v) is 1.81. The Labute approximate surface area is 78.4 Å². The second kappa shape index (κ2) is 4.77. The van der Waals surface area contributed by atoms with Gasteiger partial charge in [0.25, 0.3) is 0 Å². The fraction of sp³-hybridized carbons (Fsp3) is 0.556. The van der Waals surface area contributed by atoms with Crippen LogP contribution < -0.4 is 10.1 Å². The van der Waals surface area contributed by atoms with Crippen LogP contribution >= 0.6 is 0 Å². The first-order valence-corrected chi connectivity index (χ1v) is 4.35. The van der Waals surface area contributed by atoms with Gasteiger partial charge >= 0.3 is 6.01 Å². The molecule has 4 heteroatoms. The van der Waals surface area contributed by atoms with Crippen molar-refractivity contribution < 1.29 is 4.74 Å². The maximum Gasteiger partial charge on any atom is 0.316 e. The van der Waals surface area contributed by atoms with Crippen molar-refractivity contribution in [2.24, 2.45) is 0 Å². The summed E-state index contributed by atoms with van der Waals surface area (Å²) in [5.74, 6) is 0. The fourth-order valence-corrected chi connectivity index (χ4v) is 1.00. The molecule has 4 nitrogen and oxygen atoms in total. The highest BCUT2D eigenvalue weighted by Crippen LogP contribution is 2.07. The van der Waals surface area contributed by atoms with E-state index in [0.717, 1.165) is 24.3 Å². The van der Waals surface area contributed by atoms with E-state index < -0.39 is 0 Å².